The first-order valence-corrected chi connectivity index (χ1v) is 42.6. The summed E-state index contributed by atoms with van der Waals surface area (Å²) in [5.74, 6) is 1.81. The van der Waals surface area contributed by atoms with Crippen LogP contribution in [-0.2, 0) is 60.6 Å². The van der Waals surface area contributed by atoms with Crippen molar-refractivity contribution in [3.05, 3.63) is 147 Å². The highest BCUT2D eigenvalue weighted by Gasteiger charge is 2.39. The predicted octanol–water partition coefficient (Wildman–Crippen LogP) is 17.5. The van der Waals surface area contributed by atoms with Gasteiger partial charge in [-0.2, -0.15) is 8.42 Å². The maximum atomic E-state index is 12.0. The summed E-state index contributed by atoms with van der Waals surface area (Å²) in [7, 11) is -8.61. The summed E-state index contributed by atoms with van der Waals surface area (Å²) in [4.78, 5) is 56.3. The zero-order valence-electron chi connectivity index (χ0n) is 59.0. The lowest BCUT2D eigenvalue weighted by Gasteiger charge is -2.36. The van der Waals surface area contributed by atoms with Crippen LogP contribution in [0, 0.1) is 23.7 Å². The number of ketones is 3. The number of Topliss-reactive ketones (excluding diaryl/α,β-unsaturated/α-hetero) is 3. The van der Waals surface area contributed by atoms with E-state index in [1.807, 2.05) is 84.1 Å². The van der Waals surface area contributed by atoms with Gasteiger partial charge in [0.15, 0.2) is 42.3 Å². The zero-order chi connectivity index (χ0) is 69.2. The monoisotopic (exact) mass is 1380 g/mol. The van der Waals surface area contributed by atoms with Gasteiger partial charge in [-0.05, 0) is 161 Å². The van der Waals surface area contributed by atoms with E-state index in [-0.39, 0.29) is 45.7 Å². The fraction of sp³-hybridized carbons (Fsp3) is 0.594. The van der Waals surface area contributed by atoms with Crippen molar-refractivity contribution in [3.8, 4) is 0 Å². The predicted molar refractivity (Wildman–Crippen MR) is 376 cm³/mol. The molecule has 5 rings (SSSR count). The van der Waals surface area contributed by atoms with E-state index >= 15 is 0 Å². The number of nitrogens with zero attached hydrogens (tertiary/aromatic N) is 5. The molecular formula is C69H112BrN5O11SSi3. The van der Waals surface area contributed by atoms with Gasteiger partial charge in [0.25, 0.3) is 10.1 Å². The molecule has 90 heavy (non-hydrogen) atoms. The van der Waals surface area contributed by atoms with Crippen LogP contribution in [0.25, 0.3) is 0 Å². The number of aliphatic hydroxyl groups is 2. The van der Waals surface area contributed by atoms with Gasteiger partial charge in [-0.25, -0.2) is 0 Å². The number of aromatic nitrogens is 5. The summed E-state index contributed by atoms with van der Waals surface area (Å²) in [5, 5.41) is 19.5. The van der Waals surface area contributed by atoms with Crippen molar-refractivity contribution in [3.63, 3.8) is 0 Å². The molecule has 0 saturated carbocycles. The molecule has 0 spiro atoms. The van der Waals surface area contributed by atoms with Crippen LogP contribution in [0.4, 0.5) is 0 Å². The van der Waals surface area contributed by atoms with Gasteiger partial charge in [0.1, 0.15) is 6.61 Å². The molecule has 0 aliphatic heterocycles. The molecule has 16 nitrogen and oxygen atoms in total. The van der Waals surface area contributed by atoms with Crippen LogP contribution < -0.4 is 0 Å². The van der Waals surface area contributed by atoms with E-state index in [2.05, 4.69) is 160 Å². The molecule has 0 radical (unpaired) electrons. The van der Waals surface area contributed by atoms with E-state index in [0.29, 0.717) is 90.8 Å². The minimum Gasteiger partial charge on any atom is -0.411 e. The van der Waals surface area contributed by atoms with Gasteiger partial charge in [-0.1, -0.05) is 124 Å². The molecule has 5 heterocycles. The number of pyridine rings is 5. The molecule has 0 aromatic carbocycles. The molecule has 504 valence electrons. The molecule has 0 fully saturated rings. The minimum absolute atomic E-state index is 0.0353. The second-order valence-electron chi connectivity index (χ2n) is 29.1. The normalized spacial score (nSPS) is 12.7. The molecule has 1 unspecified atom stereocenters. The number of aliphatic hydroxyl groups excluding tert-OH is 2. The van der Waals surface area contributed by atoms with Crippen LogP contribution in [-0.4, -0.2) is 92.1 Å². The van der Waals surface area contributed by atoms with Crippen LogP contribution in [0.2, 0.25) is 54.4 Å². The second kappa shape index (κ2) is 38.1. The molecule has 2 N–H and O–H groups in total. The first-order valence-electron chi connectivity index (χ1n) is 31.2. The van der Waals surface area contributed by atoms with Gasteiger partial charge < -0.3 is 23.5 Å². The lowest BCUT2D eigenvalue weighted by atomic mass is 10.0. The van der Waals surface area contributed by atoms with Crippen molar-refractivity contribution in [2.45, 2.75) is 237 Å². The zero-order valence-corrected chi connectivity index (χ0v) is 64.4. The number of rotatable bonds is 25. The van der Waals surface area contributed by atoms with E-state index in [1.54, 1.807) is 36.7 Å². The van der Waals surface area contributed by atoms with Crippen LogP contribution in [0.15, 0.2) is 96.1 Å². The van der Waals surface area contributed by atoms with Crippen molar-refractivity contribution in [1.29, 1.82) is 0 Å². The third kappa shape index (κ3) is 33.4. The highest BCUT2D eigenvalue weighted by Crippen LogP contribution is 2.39. The third-order valence-electron chi connectivity index (χ3n) is 15.7. The lowest BCUT2D eigenvalue weighted by Crippen LogP contribution is -2.40. The minimum atomic E-state index is -3.47. The number of carbonyl (C=O) groups excluding carboxylic acids is 3. The molecule has 5 aromatic heterocycles. The standard InChI is InChI=1S/C17H31NO2Si.C17H29NO2Si.C12H20BrNOSi.C12H17NO4S.C11H15NO2/c2*1-13(2)10-16(19)14-8-9-15(18-11-14)12-20-21(6,7)17(3,4)5;1-12(2,3)16(4,5)15-9-11-7-6-10(13)8-14-11;1-9(2)6-12(14)10-4-5-11(13-7-10)8-17-18(3,15)16;1-8(2)5-11(14)9-3-4-10(7-13)12-6-9/h8-9,11,13,16,19H,10,12H2,1-7H3;8-9,11,13H,10,12H2,1-7H3;6-8H,9H2,1-5H3;4-5,7,9H,6,8H2,1-3H3;3-4,6,8,13H,5,7H2,1-2H3. The Bertz CT molecular complexity index is 3020. The Kier molecular flexibility index (Phi) is 35.4. The maximum absolute atomic E-state index is 12.0. The fourth-order valence-corrected chi connectivity index (χ4v) is 10.3. The number of carbonyl (C=O) groups is 3. The molecule has 21 heteroatoms. The number of hydrogen-bond donors (Lipinski definition) is 2. The van der Waals surface area contributed by atoms with E-state index in [0.717, 1.165) is 39.8 Å². The van der Waals surface area contributed by atoms with E-state index in [9.17, 15) is 27.9 Å². The van der Waals surface area contributed by atoms with Crippen molar-refractivity contribution in [2.24, 2.45) is 23.7 Å². The molecular weight excluding hydrogens is 1270 g/mol. The number of halogens is 1. The summed E-state index contributed by atoms with van der Waals surface area (Å²) in [6, 6.07) is 18.3. The topological polar surface area (TPSA) is 227 Å². The third-order valence-corrected chi connectivity index (χ3v) is 30.1. The number of hydrogen-bond acceptors (Lipinski definition) is 16. The van der Waals surface area contributed by atoms with Crippen LogP contribution in [0.1, 0.15) is 215 Å². The lowest BCUT2D eigenvalue weighted by molar-refractivity contribution is 0.0959. The van der Waals surface area contributed by atoms with E-state index in [1.165, 1.54) is 12.4 Å². The van der Waals surface area contributed by atoms with Gasteiger partial charge in [0, 0.05) is 71.4 Å². The molecule has 0 aliphatic rings. The molecule has 5 aromatic rings. The summed E-state index contributed by atoms with van der Waals surface area (Å²) in [5.41, 5.74) is 6.61. The quantitative estimate of drug-likeness (QED) is 0.0314. The Balaban J connectivity index is 0.000000567. The average Bonchev–Trinajstić information content (AvgIpc) is 1.11. The summed E-state index contributed by atoms with van der Waals surface area (Å²) in [6.45, 7) is 51.3. The Hall–Kier alpha value is -4.40. The smallest absolute Gasteiger partial charge is 0.264 e. The van der Waals surface area contributed by atoms with Crippen molar-refractivity contribution in [2.75, 3.05) is 6.26 Å². The van der Waals surface area contributed by atoms with Crippen LogP contribution >= 0.6 is 15.9 Å². The fourth-order valence-electron chi connectivity index (χ4n) is 6.87. The van der Waals surface area contributed by atoms with Crippen molar-refractivity contribution >= 4 is 68.3 Å². The first-order chi connectivity index (χ1) is 41.2. The van der Waals surface area contributed by atoms with Crippen LogP contribution in [0.3, 0.4) is 0 Å². The van der Waals surface area contributed by atoms with Crippen LogP contribution in [0.5, 0.6) is 0 Å². The van der Waals surface area contributed by atoms with Crippen molar-refractivity contribution in [1.82, 2.24) is 24.9 Å². The molecule has 0 amide bonds. The Labute approximate surface area is 554 Å². The Morgan fingerprint density at radius 2 is 0.767 bits per heavy atom. The van der Waals surface area contributed by atoms with Gasteiger partial charge in [0.2, 0.25) is 0 Å². The highest BCUT2D eigenvalue weighted by molar-refractivity contribution is 9.10. The highest BCUT2D eigenvalue weighted by atomic mass is 79.9. The van der Waals surface area contributed by atoms with Gasteiger partial charge in [0.05, 0.1) is 67.3 Å². The molecule has 0 saturated heterocycles. The average molecular weight is 1380 g/mol. The first kappa shape index (κ1) is 83.6. The van der Waals surface area contributed by atoms with E-state index < -0.39 is 41.2 Å². The van der Waals surface area contributed by atoms with Gasteiger partial charge >= 0.3 is 0 Å². The summed E-state index contributed by atoms with van der Waals surface area (Å²) in [6.07, 6.45) is 11.1. The molecule has 1 atom stereocenters. The largest absolute Gasteiger partial charge is 0.411 e. The Morgan fingerprint density at radius 1 is 0.467 bits per heavy atom. The summed E-state index contributed by atoms with van der Waals surface area (Å²) >= 11 is 3.37. The van der Waals surface area contributed by atoms with E-state index in [4.69, 9.17) is 18.4 Å². The van der Waals surface area contributed by atoms with Crippen molar-refractivity contribution < 1.29 is 50.5 Å². The second-order valence-corrected chi connectivity index (χ2v) is 46.1. The SMILES string of the molecule is CC(C)(C)[Si](C)(C)OCc1ccc(Br)cn1.CC(C)CC(=O)c1ccc(CO)nc1.CC(C)CC(=O)c1ccc(COS(C)(=O)=O)nc1.CC(C)CC(=O)c1ccc(CO[Si](C)(C)C(C)(C)C)nc1.CC(C)CC(O)c1ccc(CO[Si](C)(C)C(C)(C)C)nc1. The maximum Gasteiger partial charge on any atom is 0.264 e. The molecule has 0 aliphatic carbocycles. The summed E-state index contributed by atoms with van der Waals surface area (Å²) < 4.78 is 45.6. The van der Waals surface area contributed by atoms with Gasteiger partial charge in [-0.15, -0.1) is 0 Å². The molecule has 0 bridgehead atoms. The van der Waals surface area contributed by atoms with Gasteiger partial charge in [-0.3, -0.25) is 43.5 Å². The Morgan fingerprint density at radius 3 is 1.01 bits per heavy atom.